The molecule has 0 fully saturated rings. The highest BCUT2D eigenvalue weighted by Gasteiger charge is 2.26. The van der Waals surface area contributed by atoms with Crippen LogP contribution >= 0.6 is 0 Å². The van der Waals surface area contributed by atoms with Crippen molar-refractivity contribution in [2.24, 2.45) is 0 Å². The number of benzene rings is 12. The number of para-hydroxylation sites is 2. The summed E-state index contributed by atoms with van der Waals surface area (Å²) >= 11 is 0. The van der Waals surface area contributed by atoms with Crippen LogP contribution in [-0.4, -0.2) is 0 Å². The highest BCUT2D eigenvalue weighted by molar-refractivity contribution is 6.20. The maximum absolute atomic E-state index is 7.20. The van der Waals surface area contributed by atoms with Crippen molar-refractivity contribution < 1.29 is 4.42 Å². The molecule has 0 aliphatic rings. The van der Waals surface area contributed by atoms with E-state index in [0.717, 1.165) is 83.5 Å². The molecular weight excluding hydrogens is 861 g/mol. The summed E-state index contributed by atoms with van der Waals surface area (Å²) in [6.45, 7) is 0. The van der Waals surface area contributed by atoms with Crippen LogP contribution in [0.5, 0.6) is 0 Å². The Balaban J connectivity index is 0.929. The molecule has 0 amide bonds. The predicted octanol–water partition coefficient (Wildman–Crippen LogP) is 19.5. The topological polar surface area (TPSA) is 19.6 Å². The zero-order chi connectivity index (χ0) is 47.1. The second-order valence-electron chi connectivity index (χ2n) is 18.1. The van der Waals surface area contributed by atoms with E-state index in [1.165, 1.54) is 38.6 Å². The molecule has 334 valence electrons. The van der Waals surface area contributed by atoms with Crippen molar-refractivity contribution in [1.29, 1.82) is 0 Å². The second kappa shape index (κ2) is 17.9. The summed E-state index contributed by atoms with van der Waals surface area (Å²) in [7, 11) is 0. The van der Waals surface area contributed by atoms with Crippen molar-refractivity contribution in [3.05, 3.63) is 279 Å². The molecule has 1 aromatic heterocycles. The van der Waals surface area contributed by atoms with E-state index in [9.17, 15) is 0 Å². The zero-order valence-electron chi connectivity index (χ0n) is 38.9. The molecule has 0 saturated heterocycles. The van der Waals surface area contributed by atoms with Gasteiger partial charge in [0.1, 0.15) is 5.58 Å². The Morgan fingerprint density at radius 2 is 0.648 bits per heavy atom. The molecule has 12 aromatic carbocycles. The maximum atomic E-state index is 7.20. The molecule has 71 heavy (non-hydrogen) atoms. The molecule has 0 unspecified atom stereocenters. The quantitative estimate of drug-likeness (QED) is 0.136. The van der Waals surface area contributed by atoms with Crippen molar-refractivity contribution in [1.82, 2.24) is 0 Å². The van der Waals surface area contributed by atoms with Gasteiger partial charge in [0.2, 0.25) is 0 Å². The minimum absolute atomic E-state index is 0.806. The Morgan fingerprint density at radius 1 is 0.254 bits per heavy atom. The van der Waals surface area contributed by atoms with Gasteiger partial charge in [-0.2, -0.15) is 0 Å². The van der Waals surface area contributed by atoms with E-state index in [2.05, 4.69) is 289 Å². The predicted molar refractivity (Wildman–Crippen MR) is 300 cm³/mol. The fourth-order valence-corrected chi connectivity index (χ4v) is 10.3. The molecule has 0 bridgehead atoms. The lowest BCUT2D eigenvalue weighted by Crippen LogP contribution is -2.13. The van der Waals surface area contributed by atoms with Crippen molar-refractivity contribution >= 4 is 77.6 Å². The number of hydrogen-bond donors (Lipinski definition) is 0. The third kappa shape index (κ3) is 7.76. The van der Waals surface area contributed by atoms with Crippen LogP contribution in [0.15, 0.2) is 283 Å². The third-order valence-electron chi connectivity index (χ3n) is 13.9. The molecule has 0 saturated carbocycles. The number of furan rings is 1. The second-order valence-corrected chi connectivity index (χ2v) is 18.1. The van der Waals surface area contributed by atoms with Gasteiger partial charge < -0.3 is 14.2 Å². The van der Waals surface area contributed by atoms with Crippen LogP contribution in [0.25, 0.3) is 88.0 Å². The number of anilines is 6. The summed E-state index contributed by atoms with van der Waals surface area (Å²) in [5, 5.41) is 6.90. The molecule has 1 heterocycles. The number of fused-ring (bicyclic) bond motifs is 5. The Labute approximate surface area is 413 Å². The molecule has 3 heteroatoms. The smallest absolute Gasteiger partial charge is 0.161 e. The molecule has 0 aliphatic carbocycles. The Hall–Kier alpha value is -9.44. The molecule has 13 rings (SSSR count). The standard InChI is InChI=1S/C68H46N2O/c1-4-15-47(16-5-1)48-27-29-49(30-28-48)51-35-39-59(40-36-51)69(57-21-6-2-7-22-57)64-43-44-65(68-67(64)63-45-55-18-10-11-19-56(55)46-66(63)71-68)70(58-23-8-3-9-24-58)60-41-37-52(38-42-60)50-31-33-54(34-32-50)62-26-14-20-53-17-12-13-25-61(53)62/h1-46H. The summed E-state index contributed by atoms with van der Waals surface area (Å²) in [5.74, 6) is 0. The lowest BCUT2D eigenvalue weighted by atomic mass is 9.96. The van der Waals surface area contributed by atoms with E-state index in [0.29, 0.717) is 0 Å². The Morgan fingerprint density at radius 3 is 1.21 bits per heavy atom. The summed E-state index contributed by atoms with van der Waals surface area (Å²) < 4.78 is 7.20. The third-order valence-corrected chi connectivity index (χ3v) is 13.9. The highest BCUT2D eigenvalue weighted by Crippen LogP contribution is 2.49. The normalized spacial score (nSPS) is 11.4. The van der Waals surface area contributed by atoms with Crippen molar-refractivity contribution in [2.75, 3.05) is 9.80 Å². The van der Waals surface area contributed by atoms with Crippen LogP contribution in [0.3, 0.4) is 0 Å². The molecule has 13 aromatic rings. The number of hydrogen-bond acceptors (Lipinski definition) is 3. The van der Waals surface area contributed by atoms with Crippen molar-refractivity contribution in [3.63, 3.8) is 0 Å². The summed E-state index contributed by atoms with van der Waals surface area (Å²) in [6.07, 6.45) is 0. The number of nitrogens with zero attached hydrogens (tertiary/aromatic N) is 2. The summed E-state index contributed by atoms with van der Waals surface area (Å²) in [4.78, 5) is 4.69. The fraction of sp³-hybridized carbons (Fsp3) is 0. The van der Waals surface area contributed by atoms with Gasteiger partial charge in [-0.05, 0) is 139 Å². The first-order chi connectivity index (χ1) is 35.2. The Kier molecular flexibility index (Phi) is 10.5. The van der Waals surface area contributed by atoms with Gasteiger partial charge in [0.15, 0.2) is 5.58 Å². The van der Waals surface area contributed by atoms with E-state index in [-0.39, 0.29) is 0 Å². The first-order valence-electron chi connectivity index (χ1n) is 24.2. The first kappa shape index (κ1) is 41.7. The van der Waals surface area contributed by atoms with Gasteiger partial charge in [-0.3, -0.25) is 0 Å². The van der Waals surface area contributed by atoms with Crippen molar-refractivity contribution in [3.8, 4) is 44.5 Å². The van der Waals surface area contributed by atoms with Crippen LogP contribution in [0, 0.1) is 0 Å². The molecule has 0 N–H and O–H groups in total. The van der Waals surface area contributed by atoms with Crippen LogP contribution in [-0.2, 0) is 0 Å². The first-order valence-corrected chi connectivity index (χ1v) is 24.2. The molecule has 0 radical (unpaired) electrons. The van der Waals surface area contributed by atoms with E-state index >= 15 is 0 Å². The van der Waals surface area contributed by atoms with Crippen LogP contribution in [0.4, 0.5) is 34.1 Å². The number of rotatable bonds is 10. The van der Waals surface area contributed by atoms with E-state index in [4.69, 9.17) is 4.42 Å². The lowest BCUT2D eigenvalue weighted by Gasteiger charge is -2.29. The maximum Gasteiger partial charge on any atom is 0.161 e. The van der Waals surface area contributed by atoms with E-state index < -0.39 is 0 Å². The minimum Gasteiger partial charge on any atom is -0.454 e. The Bertz CT molecular complexity index is 3990. The van der Waals surface area contributed by atoms with Gasteiger partial charge in [0.05, 0.1) is 16.8 Å². The van der Waals surface area contributed by atoms with Crippen LogP contribution < -0.4 is 9.80 Å². The SMILES string of the molecule is c1ccc(-c2ccc(-c3ccc(N(c4ccccc4)c4ccc(N(c5ccccc5)c5ccc(-c6ccc(-c7cccc8ccccc78)cc6)cc5)c5oc6cc7ccccc7cc6c45)cc3)cc2)cc1. The summed E-state index contributed by atoms with van der Waals surface area (Å²) in [6, 6.07) is 100. The average molecular weight is 907 g/mol. The van der Waals surface area contributed by atoms with Crippen molar-refractivity contribution in [2.45, 2.75) is 0 Å². The minimum atomic E-state index is 0.806. The van der Waals surface area contributed by atoms with Gasteiger partial charge >= 0.3 is 0 Å². The van der Waals surface area contributed by atoms with E-state index in [1.807, 2.05) is 0 Å². The van der Waals surface area contributed by atoms with Crippen LogP contribution in [0.1, 0.15) is 0 Å². The van der Waals surface area contributed by atoms with Gasteiger partial charge in [0.25, 0.3) is 0 Å². The average Bonchev–Trinajstić information content (AvgIpc) is 3.83. The monoisotopic (exact) mass is 906 g/mol. The van der Waals surface area contributed by atoms with Gasteiger partial charge in [0, 0.05) is 28.1 Å². The van der Waals surface area contributed by atoms with Crippen LogP contribution in [0.2, 0.25) is 0 Å². The molecular formula is C68H46N2O. The zero-order valence-corrected chi connectivity index (χ0v) is 38.9. The largest absolute Gasteiger partial charge is 0.454 e. The lowest BCUT2D eigenvalue weighted by molar-refractivity contribution is 0.669. The molecule has 0 spiro atoms. The molecule has 0 atom stereocenters. The molecule has 3 nitrogen and oxygen atoms in total. The van der Waals surface area contributed by atoms with Gasteiger partial charge in [-0.15, -0.1) is 0 Å². The fourth-order valence-electron chi connectivity index (χ4n) is 10.3. The van der Waals surface area contributed by atoms with Gasteiger partial charge in [-0.1, -0.05) is 206 Å². The van der Waals surface area contributed by atoms with Gasteiger partial charge in [-0.25, -0.2) is 0 Å². The molecule has 0 aliphatic heterocycles. The summed E-state index contributed by atoms with van der Waals surface area (Å²) in [5.41, 5.74) is 17.3. The van der Waals surface area contributed by atoms with E-state index in [1.54, 1.807) is 0 Å². The highest BCUT2D eigenvalue weighted by atomic mass is 16.3.